The molecule has 2 N–H and O–H groups in total. The molecule has 4 aromatic carbocycles. The number of benzene rings is 4. The molecule has 0 fully saturated rings. The maximum atomic E-state index is 11.6. The van der Waals surface area contributed by atoms with E-state index in [-0.39, 0.29) is 4.90 Å². The van der Waals surface area contributed by atoms with Gasteiger partial charge in [0.05, 0.1) is 12.0 Å². The van der Waals surface area contributed by atoms with E-state index in [0.29, 0.717) is 5.56 Å². The zero-order chi connectivity index (χ0) is 25.4. The molecule has 0 aliphatic carbocycles. The Kier molecular flexibility index (Phi) is 8.50. The minimum absolute atomic E-state index is 0.123. The molecule has 4 rings (SSSR count). The zero-order valence-electron chi connectivity index (χ0n) is 18.9. The highest BCUT2D eigenvalue weighted by atomic mass is 32.2. The molecule has 0 amide bonds. The van der Waals surface area contributed by atoms with Crippen molar-refractivity contribution in [2.75, 3.05) is 0 Å². The Labute approximate surface area is 214 Å². The Bertz CT molecular complexity index is 1480. The molecule has 0 aliphatic rings. The Hall–Kier alpha value is -3.50. The summed E-state index contributed by atoms with van der Waals surface area (Å²) in [6, 6.07) is 29.9. The van der Waals surface area contributed by atoms with Crippen LogP contribution in [0.4, 0.5) is 0 Å². The van der Waals surface area contributed by atoms with Crippen molar-refractivity contribution >= 4 is 46.5 Å². The van der Waals surface area contributed by atoms with Gasteiger partial charge in [-0.15, -0.1) is 4.33 Å². The third kappa shape index (κ3) is 6.79. The highest BCUT2D eigenvalue weighted by molar-refractivity contribution is 7.94. The number of hydrogen-bond acceptors (Lipinski definition) is 6. The maximum absolute atomic E-state index is 11.6. The van der Waals surface area contributed by atoms with Gasteiger partial charge in [0.2, 0.25) is 0 Å². The maximum Gasteiger partial charge on any atom is 0.295 e. The molecular formula is C28H22O6S2. The van der Waals surface area contributed by atoms with Gasteiger partial charge < -0.3 is 0 Å². The Morgan fingerprint density at radius 1 is 0.639 bits per heavy atom. The molecule has 0 saturated carbocycles. The van der Waals surface area contributed by atoms with Crippen LogP contribution in [0.1, 0.15) is 22.3 Å². The van der Waals surface area contributed by atoms with E-state index in [1.807, 2.05) is 84.9 Å². The molecular weight excluding hydrogens is 496 g/mol. The van der Waals surface area contributed by atoms with Crippen LogP contribution in [0.3, 0.4) is 0 Å². The van der Waals surface area contributed by atoms with Crippen LogP contribution >= 0.6 is 12.0 Å². The van der Waals surface area contributed by atoms with E-state index in [0.717, 1.165) is 44.8 Å². The lowest BCUT2D eigenvalue weighted by molar-refractivity contribution is -0.432. The summed E-state index contributed by atoms with van der Waals surface area (Å²) in [5.41, 5.74) is 5.37. The first kappa shape index (κ1) is 25.6. The van der Waals surface area contributed by atoms with E-state index in [4.69, 9.17) is 5.26 Å². The minimum Gasteiger partial charge on any atom is -0.282 e. The highest BCUT2D eigenvalue weighted by Gasteiger charge is 2.12. The van der Waals surface area contributed by atoms with Gasteiger partial charge in [-0.25, -0.2) is 5.26 Å². The number of hydrogen-bond donors (Lipinski definition) is 2. The van der Waals surface area contributed by atoms with Crippen molar-refractivity contribution < 1.29 is 27.6 Å². The van der Waals surface area contributed by atoms with Gasteiger partial charge in [-0.1, -0.05) is 114 Å². The molecule has 4 aromatic rings. The lowest BCUT2D eigenvalue weighted by Crippen LogP contribution is -2.00. The SMILES string of the molecule is O=S(=O)(O)c1ccccc1C=Cc1ccc(-c2ccc(C=Cc3ccccc3SOOO)cc2)cc1. The molecule has 0 aliphatic heterocycles. The van der Waals surface area contributed by atoms with Gasteiger partial charge in [-0.2, -0.15) is 8.42 Å². The van der Waals surface area contributed by atoms with E-state index in [9.17, 15) is 13.0 Å². The smallest absolute Gasteiger partial charge is 0.282 e. The molecule has 8 heteroatoms. The van der Waals surface area contributed by atoms with Gasteiger partial charge in [-0.3, -0.25) is 4.55 Å². The van der Waals surface area contributed by atoms with Gasteiger partial charge >= 0.3 is 0 Å². The second kappa shape index (κ2) is 12.0. The standard InChI is InChI=1S/C28H22O6S2/c29-33-34-35-27-7-3-1-5-25(27)19-13-21-9-15-23(16-10-21)24-17-11-22(12-18-24)14-20-26-6-2-4-8-28(26)36(30,31)32/h1-20,29H,(H,30,31,32). The van der Waals surface area contributed by atoms with Crippen molar-refractivity contribution in [3.8, 4) is 11.1 Å². The Morgan fingerprint density at radius 2 is 1.14 bits per heavy atom. The predicted octanol–water partition coefficient (Wildman–Crippen LogP) is 7.37. The second-order valence-corrected chi connectivity index (χ2v) is 9.82. The fourth-order valence-electron chi connectivity index (χ4n) is 3.54. The first-order chi connectivity index (χ1) is 17.4. The van der Waals surface area contributed by atoms with E-state index in [1.54, 1.807) is 30.4 Å². The normalized spacial score (nSPS) is 11.9. The Morgan fingerprint density at radius 3 is 1.69 bits per heavy atom. The molecule has 0 heterocycles. The van der Waals surface area contributed by atoms with Gasteiger partial charge in [0.25, 0.3) is 10.1 Å². The van der Waals surface area contributed by atoms with Crippen LogP contribution in [0.2, 0.25) is 0 Å². The molecule has 0 atom stereocenters. The Balaban J connectivity index is 1.45. The summed E-state index contributed by atoms with van der Waals surface area (Å²) in [5.74, 6) is 0. The number of rotatable bonds is 9. The molecule has 0 spiro atoms. The molecule has 182 valence electrons. The van der Waals surface area contributed by atoms with Crippen molar-refractivity contribution in [3.05, 3.63) is 119 Å². The molecule has 0 radical (unpaired) electrons. The van der Waals surface area contributed by atoms with Crippen LogP contribution in [-0.2, 0) is 19.5 Å². The summed E-state index contributed by atoms with van der Waals surface area (Å²) in [7, 11) is -4.29. The first-order valence-corrected chi connectivity index (χ1v) is 13.0. The van der Waals surface area contributed by atoms with Crippen molar-refractivity contribution in [1.29, 1.82) is 0 Å². The molecule has 0 bridgehead atoms. The molecule has 6 nitrogen and oxygen atoms in total. The summed E-state index contributed by atoms with van der Waals surface area (Å²) in [4.78, 5) is 0.678. The summed E-state index contributed by atoms with van der Waals surface area (Å²) in [5, 5.41) is 12.1. The van der Waals surface area contributed by atoms with Crippen LogP contribution < -0.4 is 0 Å². The fourth-order valence-corrected chi connectivity index (χ4v) is 4.70. The summed E-state index contributed by atoms with van der Waals surface area (Å²) in [6.45, 7) is 0. The monoisotopic (exact) mass is 518 g/mol. The molecule has 36 heavy (non-hydrogen) atoms. The third-order valence-corrected chi connectivity index (χ3v) is 6.94. The van der Waals surface area contributed by atoms with Crippen LogP contribution in [0.15, 0.2) is 107 Å². The van der Waals surface area contributed by atoms with Crippen molar-refractivity contribution in [2.45, 2.75) is 9.79 Å². The topological polar surface area (TPSA) is 93.1 Å². The zero-order valence-corrected chi connectivity index (χ0v) is 20.5. The average molecular weight is 519 g/mol. The summed E-state index contributed by atoms with van der Waals surface area (Å²) >= 11 is 0.921. The van der Waals surface area contributed by atoms with Crippen molar-refractivity contribution in [3.63, 3.8) is 0 Å². The van der Waals surface area contributed by atoms with Gasteiger partial charge in [0, 0.05) is 4.90 Å². The lowest BCUT2D eigenvalue weighted by atomic mass is 10.0. The van der Waals surface area contributed by atoms with Gasteiger partial charge in [0.1, 0.15) is 4.90 Å². The lowest BCUT2D eigenvalue weighted by Gasteiger charge is -2.05. The average Bonchev–Trinajstić information content (AvgIpc) is 2.90. The van der Waals surface area contributed by atoms with E-state index < -0.39 is 10.1 Å². The molecule has 0 aromatic heterocycles. The van der Waals surface area contributed by atoms with E-state index in [2.05, 4.69) is 9.37 Å². The van der Waals surface area contributed by atoms with Crippen LogP contribution in [0.25, 0.3) is 35.4 Å². The summed E-state index contributed by atoms with van der Waals surface area (Å²) in [6.07, 6.45) is 7.41. The van der Waals surface area contributed by atoms with Crippen LogP contribution in [0.5, 0.6) is 0 Å². The fraction of sp³-hybridized carbons (Fsp3) is 0. The largest absolute Gasteiger partial charge is 0.295 e. The van der Waals surface area contributed by atoms with Gasteiger partial charge in [0.15, 0.2) is 0 Å². The third-order valence-electron chi connectivity index (χ3n) is 5.34. The van der Waals surface area contributed by atoms with E-state index in [1.165, 1.54) is 6.07 Å². The second-order valence-electron chi connectivity index (χ2n) is 7.69. The predicted molar refractivity (Wildman–Crippen MR) is 143 cm³/mol. The first-order valence-electron chi connectivity index (χ1n) is 10.8. The van der Waals surface area contributed by atoms with Crippen molar-refractivity contribution in [2.24, 2.45) is 0 Å². The van der Waals surface area contributed by atoms with Gasteiger partial charge in [-0.05, 0) is 45.5 Å². The van der Waals surface area contributed by atoms with Crippen LogP contribution in [0, 0.1) is 0 Å². The highest BCUT2D eigenvalue weighted by Crippen LogP contribution is 2.26. The summed E-state index contributed by atoms with van der Waals surface area (Å²) < 4.78 is 37.1. The molecule has 0 unspecified atom stereocenters. The minimum atomic E-state index is -4.29. The molecule has 0 saturated heterocycles. The van der Waals surface area contributed by atoms with Crippen LogP contribution in [-0.4, -0.2) is 18.2 Å². The van der Waals surface area contributed by atoms with Crippen molar-refractivity contribution in [1.82, 2.24) is 0 Å². The quantitative estimate of drug-likeness (QED) is 0.0785. The van der Waals surface area contributed by atoms with E-state index >= 15 is 0 Å².